The van der Waals surface area contributed by atoms with Crippen molar-refractivity contribution in [1.29, 1.82) is 0 Å². The van der Waals surface area contributed by atoms with E-state index in [1.54, 1.807) is 39.1 Å². The number of pyridine rings is 1. The molecule has 0 aliphatic rings. The third kappa shape index (κ3) is 5.66. The maximum atomic E-state index is 13.1. The lowest BCUT2D eigenvalue weighted by atomic mass is 9.97. The molecule has 2 aromatic carbocycles. The highest BCUT2D eigenvalue weighted by Crippen LogP contribution is 2.25. The summed E-state index contributed by atoms with van der Waals surface area (Å²) in [6, 6.07) is 14.9. The molecular formula is C26H26N2O3. The van der Waals surface area contributed by atoms with E-state index in [9.17, 15) is 9.59 Å². The third-order valence-corrected chi connectivity index (χ3v) is 4.47. The van der Waals surface area contributed by atoms with Crippen molar-refractivity contribution < 1.29 is 14.3 Å². The van der Waals surface area contributed by atoms with E-state index in [1.165, 1.54) is 6.08 Å². The van der Waals surface area contributed by atoms with Crippen molar-refractivity contribution in [2.45, 2.75) is 33.3 Å². The van der Waals surface area contributed by atoms with E-state index in [1.807, 2.05) is 49.4 Å². The number of carbonyl (C=O) groups is 2. The van der Waals surface area contributed by atoms with Gasteiger partial charge >= 0.3 is 5.97 Å². The van der Waals surface area contributed by atoms with Crippen molar-refractivity contribution in [3.8, 4) is 0 Å². The summed E-state index contributed by atoms with van der Waals surface area (Å²) >= 11 is 0. The van der Waals surface area contributed by atoms with E-state index in [4.69, 9.17) is 4.74 Å². The summed E-state index contributed by atoms with van der Waals surface area (Å²) in [5, 5.41) is 3.89. The van der Waals surface area contributed by atoms with Crippen molar-refractivity contribution in [2.75, 3.05) is 5.32 Å². The van der Waals surface area contributed by atoms with Gasteiger partial charge in [-0.3, -0.25) is 9.78 Å². The van der Waals surface area contributed by atoms with Gasteiger partial charge in [0.05, 0.1) is 11.2 Å². The fraction of sp³-hybridized carbons (Fsp3) is 0.192. The van der Waals surface area contributed by atoms with Crippen molar-refractivity contribution in [3.05, 3.63) is 90.1 Å². The smallest absolute Gasteiger partial charge is 0.331 e. The highest BCUT2D eigenvalue weighted by molar-refractivity contribution is 6.11. The van der Waals surface area contributed by atoms with Crippen LogP contribution in [0, 0.1) is 6.92 Å². The van der Waals surface area contributed by atoms with Crippen molar-refractivity contribution in [3.63, 3.8) is 0 Å². The Labute approximate surface area is 182 Å². The molecule has 1 heterocycles. The zero-order valence-electron chi connectivity index (χ0n) is 18.2. The first-order valence-corrected chi connectivity index (χ1v) is 10.00. The van der Waals surface area contributed by atoms with Gasteiger partial charge in [0, 0.05) is 23.2 Å². The van der Waals surface area contributed by atoms with Crippen LogP contribution >= 0.6 is 0 Å². The molecule has 3 rings (SSSR count). The number of nitrogens with zero attached hydrogens (tertiary/aromatic N) is 1. The number of hydrogen-bond donors (Lipinski definition) is 1. The molecule has 0 radical (unpaired) electrons. The highest BCUT2D eigenvalue weighted by atomic mass is 16.6. The average Bonchev–Trinajstić information content (AvgIpc) is 2.71. The van der Waals surface area contributed by atoms with Gasteiger partial charge < -0.3 is 10.1 Å². The molecule has 5 nitrogen and oxygen atoms in total. The predicted molar refractivity (Wildman–Crippen MR) is 125 cm³/mol. The van der Waals surface area contributed by atoms with Gasteiger partial charge in [0.2, 0.25) is 0 Å². The quantitative estimate of drug-likeness (QED) is 0.330. The van der Waals surface area contributed by atoms with Gasteiger partial charge in [-0.05, 0) is 63.1 Å². The summed E-state index contributed by atoms with van der Waals surface area (Å²) in [5.41, 5.74) is 3.38. The van der Waals surface area contributed by atoms with Crippen LogP contribution in [-0.4, -0.2) is 22.5 Å². The van der Waals surface area contributed by atoms with E-state index in [0.29, 0.717) is 22.4 Å². The average molecular weight is 415 g/mol. The molecule has 0 saturated carbocycles. The molecule has 0 aliphatic heterocycles. The predicted octanol–water partition coefficient (Wildman–Crippen LogP) is 5.71. The van der Waals surface area contributed by atoms with Crippen LogP contribution in [0.25, 0.3) is 16.5 Å². The number of anilines is 1. The van der Waals surface area contributed by atoms with Gasteiger partial charge in [0.25, 0.3) is 5.91 Å². The first-order valence-electron chi connectivity index (χ1n) is 10.00. The Morgan fingerprint density at radius 3 is 2.52 bits per heavy atom. The van der Waals surface area contributed by atoms with Crippen molar-refractivity contribution in [2.24, 2.45) is 0 Å². The van der Waals surface area contributed by atoms with Crippen LogP contribution in [0.2, 0.25) is 0 Å². The summed E-state index contributed by atoms with van der Waals surface area (Å²) in [6.45, 7) is 11.4. The second kappa shape index (κ2) is 8.96. The number of amides is 1. The number of aryl methyl sites for hydroxylation is 1. The first kappa shape index (κ1) is 22.0. The monoisotopic (exact) mass is 414 g/mol. The van der Waals surface area contributed by atoms with E-state index in [0.717, 1.165) is 16.5 Å². The molecule has 3 aromatic rings. The highest BCUT2D eigenvalue weighted by Gasteiger charge is 2.16. The minimum Gasteiger partial charge on any atom is -0.457 e. The number of nitrogens with one attached hydrogen (secondary N) is 1. The number of esters is 1. The number of aromatic nitrogens is 1. The molecule has 0 bridgehead atoms. The molecule has 0 spiro atoms. The molecule has 0 fully saturated rings. The fourth-order valence-corrected chi connectivity index (χ4v) is 3.11. The molecule has 1 aromatic heterocycles. The summed E-state index contributed by atoms with van der Waals surface area (Å²) in [5.74, 6) is -0.742. The number of rotatable bonds is 5. The van der Waals surface area contributed by atoms with E-state index >= 15 is 0 Å². The van der Waals surface area contributed by atoms with E-state index < -0.39 is 11.6 Å². The normalized spacial score (nSPS) is 11.5. The number of carbonyl (C=O) groups excluding carboxylic acids is 2. The molecule has 0 unspecified atom stereocenters. The Morgan fingerprint density at radius 2 is 1.77 bits per heavy atom. The summed E-state index contributed by atoms with van der Waals surface area (Å²) in [6.07, 6.45) is 4.59. The molecule has 0 saturated heterocycles. The Kier molecular flexibility index (Phi) is 6.35. The lowest BCUT2D eigenvalue weighted by Crippen LogP contribution is -2.22. The molecule has 5 heteroatoms. The topological polar surface area (TPSA) is 68.3 Å². The first-order chi connectivity index (χ1) is 14.6. The van der Waals surface area contributed by atoms with Crippen LogP contribution in [0.1, 0.15) is 42.3 Å². The minimum atomic E-state index is -0.580. The number of benzene rings is 2. The van der Waals surface area contributed by atoms with Crippen LogP contribution in [0.5, 0.6) is 0 Å². The number of allylic oxidation sites excluding steroid dienone is 2. The molecule has 1 N–H and O–H groups in total. The zero-order valence-corrected chi connectivity index (χ0v) is 18.2. The van der Waals surface area contributed by atoms with Gasteiger partial charge in [0.15, 0.2) is 0 Å². The second-order valence-electron chi connectivity index (χ2n) is 8.28. The number of para-hydroxylation sites is 1. The Morgan fingerprint density at radius 1 is 1.03 bits per heavy atom. The van der Waals surface area contributed by atoms with Gasteiger partial charge in [-0.1, -0.05) is 42.5 Å². The lowest BCUT2D eigenvalue weighted by Gasteiger charge is -2.18. The number of hydrogen-bond acceptors (Lipinski definition) is 4. The maximum absolute atomic E-state index is 13.1. The molecule has 31 heavy (non-hydrogen) atoms. The van der Waals surface area contributed by atoms with E-state index in [2.05, 4.69) is 16.9 Å². The molecule has 1 amide bonds. The lowest BCUT2D eigenvalue weighted by molar-refractivity contribution is -0.148. The summed E-state index contributed by atoms with van der Waals surface area (Å²) in [4.78, 5) is 29.5. The van der Waals surface area contributed by atoms with Crippen LogP contribution < -0.4 is 5.32 Å². The SMILES string of the molecule is C=C(/C=C/C(=O)OC(C)(C)C)c1cc(C)ccc1C(=O)Nc1cccc2cccnc12. The Balaban J connectivity index is 1.88. The zero-order chi connectivity index (χ0) is 22.6. The largest absolute Gasteiger partial charge is 0.457 e. The summed E-state index contributed by atoms with van der Waals surface area (Å²) < 4.78 is 5.29. The fourth-order valence-electron chi connectivity index (χ4n) is 3.11. The Hall–Kier alpha value is -3.73. The molecule has 0 atom stereocenters. The second-order valence-corrected chi connectivity index (χ2v) is 8.28. The molecular weight excluding hydrogens is 388 g/mol. The standard InChI is InChI=1S/C26H26N2O3/c1-17-11-13-20(21(16-17)18(2)12-14-23(29)31-26(3,4)5)25(30)28-22-10-6-8-19-9-7-15-27-24(19)22/h6-16H,2H2,1,3-5H3,(H,28,30)/b14-12+. The van der Waals surface area contributed by atoms with Gasteiger partial charge in [-0.15, -0.1) is 0 Å². The van der Waals surface area contributed by atoms with E-state index in [-0.39, 0.29) is 5.91 Å². The summed E-state index contributed by atoms with van der Waals surface area (Å²) in [7, 11) is 0. The van der Waals surface area contributed by atoms with Crippen molar-refractivity contribution >= 4 is 34.0 Å². The minimum absolute atomic E-state index is 0.278. The molecule has 158 valence electrons. The number of fused-ring (bicyclic) bond motifs is 1. The van der Waals surface area contributed by atoms with Crippen LogP contribution in [0.4, 0.5) is 5.69 Å². The van der Waals surface area contributed by atoms with Crippen LogP contribution in [0.15, 0.2) is 73.5 Å². The van der Waals surface area contributed by atoms with Crippen molar-refractivity contribution in [1.82, 2.24) is 4.98 Å². The van der Waals surface area contributed by atoms with Gasteiger partial charge in [-0.2, -0.15) is 0 Å². The molecule has 0 aliphatic carbocycles. The Bertz CT molecular complexity index is 1180. The number of ether oxygens (including phenoxy) is 1. The van der Waals surface area contributed by atoms with Crippen LogP contribution in [0.3, 0.4) is 0 Å². The van der Waals surface area contributed by atoms with Gasteiger partial charge in [0.1, 0.15) is 5.60 Å². The van der Waals surface area contributed by atoms with Gasteiger partial charge in [-0.25, -0.2) is 4.79 Å². The third-order valence-electron chi connectivity index (χ3n) is 4.47. The van der Waals surface area contributed by atoms with Crippen LogP contribution in [-0.2, 0) is 9.53 Å². The maximum Gasteiger partial charge on any atom is 0.331 e.